The molecule has 1 aromatic carbocycles. The maximum atomic E-state index is 13.0. The molecule has 2 amide bonds. The van der Waals surface area contributed by atoms with Crippen LogP contribution in [0.4, 0.5) is 11.5 Å². The summed E-state index contributed by atoms with van der Waals surface area (Å²) in [5.41, 5.74) is 2.11. The maximum Gasteiger partial charge on any atom is 0.263 e. The highest BCUT2D eigenvalue weighted by molar-refractivity contribution is 6.01. The summed E-state index contributed by atoms with van der Waals surface area (Å²) in [6.45, 7) is 0.387. The number of rotatable bonds is 5. The highest BCUT2D eigenvalue weighted by atomic mass is 35.5. The third-order valence-corrected chi connectivity index (χ3v) is 6.36. The largest absolute Gasteiger partial charge is 0.480 e. The van der Waals surface area contributed by atoms with Gasteiger partial charge in [0.2, 0.25) is 5.91 Å². The van der Waals surface area contributed by atoms with Gasteiger partial charge in [0.1, 0.15) is 11.8 Å². The number of pyridine rings is 2. The Labute approximate surface area is 213 Å². The molecule has 2 aliphatic rings. The summed E-state index contributed by atoms with van der Waals surface area (Å²) in [4.78, 5) is 33.2. The van der Waals surface area contributed by atoms with Crippen molar-refractivity contribution in [3.63, 3.8) is 0 Å². The van der Waals surface area contributed by atoms with Crippen LogP contribution < -0.4 is 20.7 Å². The van der Waals surface area contributed by atoms with Crippen LogP contribution in [0.5, 0.6) is 5.75 Å². The van der Waals surface area contributed by atoms with Crippen LogP contribution in [0.15, 0.2) is 42.5 Å². The van der Waals surface area contributed by atoms with Crippen LogP contribution >= 0.6 is 12.4 Å². The van der Waals surface area contributed by atoms with E-state index in [1.807, 2.05) is 24.3 Å². The summed E-state index contributed by atoms with van der Waals surface area (Å²) < 4.78 is 5.32. The number of hydrogen-bond donors (Lipinski definition) is 4. The molecule has 1 fully saturated rings. The lowest BCUT2D eigenvalue weighted by molar-refractivity contribution is -0.122. The molecule has 2 aromatic heterocycles. The minimum Gasteiger partial charge on any atom is -0.480 e. The number of nitrogens with zero attached hydrogens (tertiary/aromatic N) is 3. The van der Waals surface area contributed by atoms with E-state index in [0.717, 1.165) is 5.39 Å². The van der Waals surface area contributed by atoms with Crippen LogP contribution in [0.2, 0.25) is 0 Å². The van der Waals surface area contributed by atoms with E-state index in [0.29, 0.717) is 54.3 Å². The number of carbonyl (C=O) groups excluding carboxylic acids is 2. The van der Waals surface area contributed by atoms with Crippen molar-refractivity contribution in [2.24, 2.45) is 5.92 Å². The van der Waals surface area contributed by atoms with Gasteiger partial charge in [-0.25, -0.2) is 9.97 Å². The molecular weight excluding hydrogens is 484 g/mol. The lowest BCUT2D eigenvalue weighted by Gasteiger charge is -2.33. The number of nitriles is 1. The molecule has 10 nitrogen and oxygen atoms in total. The van der Waals surface area contributed by atoms with E-state index in [1.165, 1.54) is 0 Å². The van der Waals surface area contributed by atoms with E-state index < -0.39 is 6.10 Å². The Kier molecular flexibility index (Phi) is 7.64. The predicted molar refractivity (Wildman–Crippen MR) is 135 cm³/mol. The van der Waals surface area contributed by atoms with Crippen LogP contribution in [0.25, 0.3) is 10.9 Å². The molecule has 1 aliphatic heterocycles. The van der Waals surface area contributed by atoms with E-state index in [2.05, 4.69) is 25.9 Å². The van der Waals surface area contributed by atoms with E-state index in [9.17, 15) is 14.7 Å². The number of benzene rings is 1. The molecule has 4 N–H and O–H groups in total. The smallest absolute Gasteiger partial charge is 0.263 e. The lowest BCUT2D eigenvalue weighted by Crippen LogP contribution is -2.46. The summed E-state index contributed by atoms with van der Waals surface area (Å²) in [5.74, 6) is 0.168. The van der Waals surface area contributed by atoms with E-state index in [4.69, 9.17) is 10.00 Å². The fourth-order valence-electron chi connectivity index (χ4n) is 4.51. The molecular formula is C25H25ClN6O4. The Bertz CT molecular complexity index is 1340. The number of amides is 2. The third kappa shape index (κ3) is 5.39. The zero-order chi connectivity index (χ0) is 24.4. The van der Waals surface area contributed by atoms with Crippen LogP contribution in [0, 0.1) is 17.2 Å². The van der Waals surface area contributed by atoms with Gasteiger partial charge in [0.05, 0.1) is 23.0 Å². The fourth-order valence-corrected chi connectivity index (χ4v) is 4.51. The second-order valence-corrected chi connectivity index (χ2v) is 8.73. The number of aliphatic hydroxyl groups is 1. The molecule has 0 unspecified atom stereocenters. The van der Waals surface area contributed by atoms with Crippen molar-refractivity contribution < 1.29 is 19.4 Å². The number of fused-ring (bicyclic) bond motifs is 2. The molecule has 3 heterocycles. The van der Waals surface area contributed by atoms with E-state index >= 15 is 0 Å². The molecule has 186 valence electrons. The first-order valence-electron chi connectivity index (χ1n) is 11.4. The van der Waals surface area contributed by atoms with Gasteiger partial charge < -0.3 is 25.8 Å². The minimum absolute atomic E-state index is 0. The molecule has 3 aromatic rings. The second-order valence-electron chi connectivity index (χ2n) is 8.73. The summed E-state index contributed by atoms with van der Waals surface area (Å²) in [6, 6.07) is 14.3. The topological polar surface area (TPSA) is 149 Å². The average Bonchev–Trinajstić information content (AvgIpc) is 2.87. The lowest BCUT2D eigenvalue weighted by atomic mass is 9.83. The van der Waals surface area contributed by atoms with Gasteiger partial charge in [-0.3, -0.25) is 9.59 Å². The minimum atomic E-state index is -0.698. The first-order valence-corrected chi connectivity index (χ1v) is 11.4. The zero-order valence-corrected chi connectivity index (χ0v) is 20.0. The Morgan fingerprint density at radius 1 is 1.19 bits per heavy atom. The Morgan fingerprint density at radius 3 is 2.86 bits per heavy atom. The monoisotopic (exact) mass is 508 g/mol. The number of nitrogens with one attached hydrogen (secondary N) is 3. The number of ether oxygens (including phenoxy) is 1. The molecule has 11 heteroatoms. The number of hydrogen-bond acceptors (Lipinski definition) is 8. The predicted octanol–water partition coefficient (Wildman–Crippen LogP) is 2.51. The molecule has 36 heavy (non-hydrogen) atoms. The van der Waals surface area contributed by atoms with Crippen LogP contribution in [0.1, 0.15) is 30.7 Å². The number of aliphatic hydroxyl groups excluding tert-OH is 1. The Hall–Kier alpha value is -3.78. The van der Waals surface area contributed by atoms with Crippen molar-refractivity contribution in [1.82, 2.24) is 15.3 Å². The summed E-state index contributed by atoms with van der Waals surface area (Å²) in [7, 11) is 0. The molecule has 1 saturated carbocycles. The second kappa shape index (κ2) is 10.9. The summed E-state index contributed by atoms with van der Waals surface area (Å²) in [6.07, 6.45) is 0.864. The van der Waals surface area contributed by atoms with Gasteiger partial charge in [-0.2, -0.15) is 5.26 Å². The number of anilines is 2. The summed E-state index contributed by atoms with van der Waals surface area (Å²) >= 11 is 0. The quantitative estimate of drug-likeness (QED) is 0.410. The first kappa shape index (κ1) is 25.3. The van der Waals surface area contributed by atoms with Crippen LogP contribution in [-0.4, -0.2) is 45.6 Å². The Morgan fingerprint density at radius 2 is 2.06 bits per heavy atom. The molecule has 0 bridgehead atoms. The Balaban J connectivity index is 0.00000304. The average molecular weight is 509 g/mol. The normalized spacial score (nSPS) is 20.8. The molecule has 0 radical (unpaired) electrons. The van der Waals surface area contributed by atoms with Crippen LogP contribution in [0.3, 0.4) is 0 Å². The third-order valence-electron chi connectivity index (χ3n) is 6.36. The van der Waals surface area contributed by atoms with Gasteiger partial charge >= 0.3 is 0 Å². The summed E-state index contributed by atoms with van der Waals surface area (Å²) in [5, 5.41) is 29.6. The SMILES string of the molecule is Cl.N#Cc1ccc2cccc(NC(=O)[C@H]3CC[C@H](NCc4ccc5c(n4)NC(=O)CO5)[C@H](O)C3)c2n1. The molecule has 5 rings (SSSR count). The molecule has 3 atom stereocenters. The van der Waals surface area contributed by atoms with Crippen molar-refractivity contribution >= 4 is 46.6 Å². The fraction of sp³-hybridized carbons (Fsp3) is 0.320. The molecule has 0 spiro atoms. The number of halogens is 1. The number of para-hydroxylation sites is 1. The van der Waals surface area contributed by atoms with Crippen molar-refractivity contribution in [3.8, 4) is 11.8 Å². The van der Waals surface area contributed by atoms with Crippen LogP contribution in [-0.2, 0) is 16.1 Å². The number of carbonyl (C=O) groups is 2. The first-order chi connectivity index (χ1) is 17.0. The highest BCUT2D eigenvalue weighted by Crippen LogP contribution is 2.29. The molecule has 1 aliphatic carbocycles. The number of aromatic nitrogens is 2. The zero-order valence-electron chi connectivity index (χ0n) is 19.2. The van der Waals surface area contributed by atoms with Gasteiger partial charge in [0.25, 0.3) is 5.91 Å². The van der Waals surface area contributed by atoms with E-state index in [1.54, 1.807) is 24.3 Å². The maximum absolute atomic E-state index is 13.0. The van der Waals surface area contributed by atoms with Gasteiger partial charge in [-0.1, -0.05) is 12.1 Å². The molecule has 0 saturated heterocycles. The van der Waals surface area contributed by atoms with Gasteiger partial charge in [-0.15, -0.1) is 12.4 Å². The van der Waals surface area contributed by atoms with E-state index in [-0.39, 0.29) is 48.5 Å². The standard InChI is InChI=1S/C25H24N6O4.ClH/c26-11-16-6-4-14-2-1-3-19(23(14)28-16)30-25(34)15-5-8-18(20(32)10-15)27-12-17-7-9-21-24(29-17)31-22(33)13-35-21;/h1-4,6-7,9,15,18,20,27,32H,5,8,10,12-13H2,(H,30,34)(H,29,31,33);1H/t15-,18-,20+;/m0./s1. The van der Waals surface area contributed by atoms with Crippen molar-refractivity contribution in [3.05, 3.63) is 53.9 Å². The highest BCUT2D eigenvalue weighted by Gasteiger charge is 2.33. The van der Waals surface area contributed by atoms with Crippen molar-refractivity contribution in [1.29, 1.82) is 5.26 Å². The van der Waals surface area contributed by atoms with Gasteiger partial charge in [0, 0.05) is 23.9 Å². The van der Waals surface area contributed by atoms with Gasteiger partial charge in [0.15, 0.2) is 18.2 Å². The van der Waals surface area contributed by atoms with Crippen molar-refractivity contribution in [2.45, 2.75) is 38.0 Å². The van der Waals surface area contributed by atoms with Gasteiger partial charge in [-0.05, 0) is 49.6 Å². The van der Waals surface area contributed by atoms with Crippen molar-refractivity contribution in [2.75, 3.05) is 17.2 Å².